The average molecular weight is 1350 g/mol. The van der Waals surface area contributed by atoms with E-state index in [9.17, 15) is 34.2 Å². The van der Waals surface area contributed by atoms with E-state index >= 15 is 0 Å². The van der Waals surface area contributed by atoms with Crippen LogP contribution in [-0.4, -0.2) is 197 Å². The van der Waals surface area contributed by atoms with Crippen LogP contribution < -0.4 is 0 Å². The van der Waals surface area contributed by atoms with Crippen molar-refractivity contribution in [2.24, 2.45) is 23.7 Å². The molecule has 0 aromatic carbocycles. The van der Waals surface area contributed by atoms with Crippen molar-refractivity contribution in [3.63, 3.8) is 0 Å². The predicted octanol–water partition coefficient (Wildman–Crippen LogP) is 12.5. The lowest BCUT2D eigenvalue weighted by Crippen LogP contribution is -2.40. The van der Waals surface area contributed by atoms with E-state index < -0.39 is 44.6 Å². The SMILES string of the molecule is C/C=C(/C)O[Si](C)(C)C(C)(C)C.C=CCCCCC(=O)O.C=CCCCCC(=O)OC[C@@H](C)[C@H](OCOC)[C@H](C=C)OC.C=C[C@@H](C=O)OC.C=C[C@H](OC)[C@@H](O)[C@H](C)C(C)=O.C=C[C@H](OC)[C@@H](OCOC)[C@H](C)CO.CO[C@H]1/C=C/CCCCC(=O)OC[C@@H](C)[C@@H]1O. The highest BCUT2D eigenvalue weighted by atomic mass is 28.4. The van der Waals surface area contributed by atoms with E-state index in [-0.39, 0.29) is 106 Å². The summed E-state index contributed by atoms with van der Waals surface area (Å²) in [6.07, 6.45) is 22.0. The Bertz CT molecular complexity index is 1980. The van der Waals surface area contributed by atoms with Crippen LogP contribution in [0.5, 0.6) is 0 Å². The molecule has 1 aliphatic rings. The first-order chi connectivity index (χ1) is 43.8. The molecule has 0 fully saturated rings. The number of carboxylic acid groups (broad SMARTS) is 1. The molecule has 4 N–H and O–H groups in total. The Morgan fingerprint density at radius 2 is 1.25 bits per heavy atom. The molecular weight excluding hydrogens is 1220 g/mol. The topological polar surface area (TPSA) is 277 Å². The minimum Gasteiger partial charge on any atom is -0.547 e. The number of cyclic esters (lactones) is 1. The van der Waals surface area contributed by atoms with Gasteiger partial charge in [-0.15, -0.1) is 39.5 Å². The number of allylic oxidation sites excluding steroid dienone is 5. The molecule has 21 nitrogen and oxygen atoms in total. The van der Waals surface area contributed by atoms with Gasteiger partial charge in [-0.3, -0.25) is 19.2 Å². The number of rotatable bonds is 38. The Balaban J connectivity index is -0.000000244. The Morgan fingerprint density at radius 3 is 1.61 bits per heavy atom. The standard InChI is InChI=1S/C17H30O5.C13H22O4.C10H20O4.C10H22OSi.C9H16O3.C7H12O2.C5H8O2/c1-6-8-9-10-11-16(18)21-12-14(3)17(22-13-19-4)15(7-2)20-5;1-10-9-17-12(14)8-6-4-3-5-7-11(16-2)13(10)15;1-5-9(13-4)10(8(2)6-11)14-7-12-3;1-8-9(2)11-12(6,7)10(3,4)5;1-5-8(12-4)9(11)6(2)7(3)10;1-2-3-4-5-6-7(8)9;1-3-5(4-6)7-2/h6-7,14-15,17H,1-2,8-13H2,3-5H3;5,7,10-11,13,15H,3-4,6,8-9H2,1-2H3;5,8-11H,1,6-7H2,2-4H3;8H,1-7H3;5-6,8-9,11H,1H2,2-4H3;2H,1,3-6H2,(H,8,9);3-5H,1H2,2H3/b;7-5+;;9-8-;;;/t14-,15+,17+;10-,11+,13+;8-,9+,10+;;6-,8+,9+;;5-/m111.1.0/s1. The van der Waals surface area contributed by atoms with Gasteiger partial charge in [0.1, 0.15) is 49.9 Å². The number of carbonyl (C=O) groups is 5. The van der Waals surface area contributed by atoms with Gasteiger partial charge < -0.3 is 81.8 Å². The van der Waals surface area contributed by atoms with Gasteiger partial charge in [0.25, 0.3) is 0 Å². The normalized spacial score (nSPS) is 18.5. The van der Waals surface area contributed by atoms with Gasteiger partial charge in [-0.2, -0.15) is 0 Å². The number of ketones is 1. The second kappa shape index (κ2) is 64.5. The predicted molar refractivity (Wildman–Crippen MR) is 373 cm³/mol. The number of unbranched alkanes of at least 4 members (excludes halogenated alkanes) is 4. The van der Waals surface area contributed by atoms with Crippen LogP contribution in [0.1, 0.15) is 146 Å². The Kier molecular flexibility index (Phi) is 68.9. The fourth-order valence-corrected chi connectivity index (χ4v) is 8.57. The number of hydrogen-bond donors (Lipinski definition) is 4. The highest BCUT2D eigenvalue weighted by Crippen LogP contribution is 2.37. The van der Waals surface area contributed by atoms with Crippen molar-refractivity contribution in [1.29, 1.82) is 0 Å². The summed E-state index contributed by atoms with van der Waals surface area (Å²) in [7, 11) is 9.23. The van der Waals surface area contributed by atoms with Gasteiger partial charge in [0.2, 0.25) is 8.32 Å². The van der Waals surface area contributed by atoms with Crippen LogP contribution in [0.25, 0.3) is 0 Å². The van der Waals surface area contributed by atoms with E-state index in [1.807, 2.05) is 65.0 Å². The second-order valence-corrected chi connectivity index (χ2v) is 28.1. The summed E-state index contributed by atoms with van der Waals surface area (Å²) in [6.45, 7) is 46.4. The van der Waals surface area contributed by atoms with Crippen molar-refractivity contribution < 1.29 is 101 Å². The first-order valence-electron chi connectivity index (χ1n) is 31.8. The Morgan fingerprint density at radius 1 is 0.753 bits per heavy atom. The molecule has 0 aliphatic carbocycles. The van der Waals surface area contributed by atoms with Gasteiger partial charge >= 0.3 is 17.9 Å². The number of esters is 2. The molecule has 93 heavy (non-hydrogen) atoms. The number of ether oxygens (including phenoxy) is 11. The lowest BCUT2D eigenvalue weighted by molar-refractivity contribution is -0.154. The molecule has 0 amide bonds. The van der Waals surface area contributed by atoms with Crippen LogP contribution in [0.4, 0.5) is 0 Å². The van der Waals surface area contributed by atoms with Crippen molar-refractivity contribution >= 4 is 38.3 Å². The van der Waals surface area contributed by atoms with E-state index in [0.717, 1.165) is 63.5 Å². The minimum atomic E-state index is -1.56. The Hall–Kier alpha value is -4.79. The molecule has 1 rings (SSSR count). The second-order valence-electron chi connectivity index (χ2n) is 23.4. The molecule has 1 heterocycles. The smallest absolute Gasteiger partial charge is 0.305 e. The fraction of sp³-hybridized carbons (Fsp3) is 0.704. The van der Waals surface area contributed by atoms with Gasteiger partial charge in [-0.25, -0.2) is 0 Å². The first-order valence-corrected chi connectivity index (χ1v) is 34.7. The maximum Gasteiger partial charge on any atom is 0.305 e. The molecule has 0 saturated carbocycles. The summed E-state index contributed by atoms with van der Waals surface area (Å²) in [6, 6.07) is 0. The molecular formula is C71H130O21Si. The van der Waals surface area contributed by atoms with Gasteiger partial charge in [0, 0.05) is 99.3 Å². The molecule has 544 valence electrons. The summed E-state index contributed by atoms with van der Waals surface area (Å²) in [5, 5.41) is 37.1. The lowest BCUT2D eigenvalue weighted by Gasteiger charge is -2.36. The van der Waals surface area contributed by atoms with Gasteiger partial charge in [0.15, 0.2) is 6.29 Å². The molecule has 0 bridgehead atoms. The van der Waals surface area contributed by atoms with E-state index in [4.69, 9.17) is 62.0 Å². The van der Waals surface area contributed by atoms with Crippen LogP contribution >= 0.6 is 0 Å². The molecule has 13 atom stereocenters. The number of aldehydes is 1. The number of methoxy groups -OCH3 is 7. The number of aliphatic hydroxyl groups is 3. The minimum absolute atomic E-state index is 0.0203. The molecule has 0 aromatic rings. The number of aliphatic hydroxyl groups excluding tert-OH is 3. The van der Waals surface area contributed by atoms with Crippen molar-refractivity contribution in [3.05, 3.63) is 99.9 Å². The average Bonchev–Trinajstić information content (AvgIpc) is 0.934. The van der Waals surface area contributed by atoms with Gasteiger partial charge in [-0.05, 0) is 96.7 Å². The van der Waals surface area contributed by atoms with Gasteiger partial charge in [-0.1, -0.05) is 103 Å². The monoisotopic (exact) mass is 1350 g/mol. The summed E-state index contributed by atoms with van der Waals surface area (Å²) >= 11 is 0. The third-order valence-corrected chi connectivity index (χ3v) is 19.2. The summed E-state index contributed by atoms with van der Waals surface area (Å²) < 4.78 is 62.4. The third kappa shape index (κ3) is 54.1. The molecule has 0 saturated heterocycles. The molecule has 1 aliphatic heterocycles. The van der Waals surface area contributed by atoms with E-state index in [1.165, 1.54) is 33.3 Å². The van der Waals surface area contributed by atoms with Crippen LogP contribution in [0.2, 0.25) is 18.1 Å². The molecule has 0 radical (unpaired) electrons. The van der Waals surface area contributed by atoms with E-state index in [1.54, 1.807) is 54.6 Å². The third-order valence-electron chi connectivity index (χ3n) is 14.7. The number of hydrogen-bond acceptors (Lipinski definition) is 20. The number of carboxylic acids is 1. The molecule has 0 aromatic heterocycles. The number of carbonyl (C=O) groups excluding carboxylic acids is 4. The summed E-state index contributed by atoms with van der Waals surface area (Å²) in [5.74, 6) is -0.659. The van der Waals surface area contributed by atoms with Crippen LogP contribution in [-0.2, 0) is 80.5 Å². The fourth-order valence-electron chi connectivity index (χ4n) is 7.34. The van der Waals surface area contributed by atoms with Crippen molar-refractivity contribution in [3.8, 4) is 0 Å². The first kappa shape index (κ1) is 99.3. The maximum absolute atomic E-state index is 11.7. The number of Topliss-reactive ketones (excluding diaryl/α,β-unsaturated/α-hetero) is 1. The Labute approximate surface area is 563 Å². The zero-order valence-electron chi connectivity index (χ0n) is 60.8. The van der Waals surface area contributed by atoms with Crippen LogP contribution in [0.15, 0.2) is 99.9 Å². The zero-order valence-corrected chi connectivity index (χ0v) is 61.8. The molecule has 0 spiro atoms. The number of aliphatic carboxylic acids is 1. The van der Waals surface area contributed by atoms with Crippen molar-refractivity contribution in [2.75, 3.05) is 83.2 Å². The maximum atomic E-state index is 11.7. The van der Waals surface area contributed by atoms with Crippen LogP contribution in [0.3, 0.4) is 0 Å². The highest BCUT2D eigenvalue weighted by Gasteiger charge is 2.39. The van der Waals surface area contributed by atoms with E-state index in [0.29, 0.717) is 24.2 Å². The van der Waals surface area contributed by atoms with Crippen molar-refractivity contribution in [1.82, 2.24) is 0 Å². The highest BCUT2D eigenvalue weighted by molar-refractivity contribution is 6.74. The van der Waals surface area contributed by atoms with Crippen LogP contribution in [0, 0.1) is 23.7 Å². The lowest BCUT2D eigenvalue weighted by atomic mass is 9.96. The van der Waals surface area contributed by atoms with Crippen molar-refractivity contribution in [2.45, 2.75) is 219 Å². The van der Waals surface area contributed by atoms with E-state index in [2.05, 4.69) is 78.1 Å². The van der Waals surface area contributed by atoms with Gasteiger partial charge in [0.05, 0.1) is 43.4 Å². The largest absolute Gasteiger partial charge is 0.547 e. The summed E-state index contributed by atoms with van der Waals surface area (Å²) in [4.78, 5) is 53.6. The molecule has 0 unspecified atom stereocenters. The summed E-state index contributed by atoms with van der Waals surface area (Å²) in [5.41, 5.74) is 0. The molecule has 22 heteroatoms. The quantitative estimate of drug-likeness (QED) is 0.00850. The zero-order chi connectivity index (χ0) is 73.0.